The minimum absolute atomic E-state index is 0.0547. The lowest BCUT2D eigenvalue weighted by molar-refractivity contribution is -0.115. The summed E-state index contributed by atoms with van der Waals surface area (Å²) in [5, 5.41) is 10.3. The number of aryl methyl sites for hydroxylation is 1. The van der Waals surface area contributed by atoms with Crippen LogP contribution in [0.15, 0.2) is 85.3 Å². The topological polar surface area (TPSA) is 146 Å². The van der Waals surface area contributed by atoms with Gasteiger partial charge in [-0.25, -0.2) is 19.6 Å². The molecule has 0 saturated heterocycles. The molecule has 2 aliphatic rings. The molecule has 1 atom stereocenters. The van der Waals surface area contributed by atoms with Gasteiger partial charge in [0.15, 0.2) is 17.3 Å². The number of nitrogens with one attached hydrogen (secondary N) is 2. The minimum atomic E-state index is -0.158. The second-order valence-electron chi connectivity index (χ2n) is 10.7. The zero-order valence-corrected chi connectivity index (χ0v) is 22.9. The minimum Gasteiger partial charge on any atom is -0.383 e. The van der Waals surface area contributed by atoms with Crippen molar-refractivity contribution in [3.8, 4) is 22.9 Å². The number of anilines is 2. The number of hydrogen-bond donors (Lipinski definition) is 3. The fourth-order valence-electron chi connectivity index (χ4n) is 6.02. The number of pyridine rings is 2. The normalized spacial score (nSPS) is 15.3. The van der Waals surface area contributed by atoms with Crippen molar-refractivity contribution in [2.45, 2.75) is 25.3 Å². The summed E-state index contributed by atoms with van der Waals surface area (Å²) in [6, 6.07) is 20.8. The Labute approximate surface area is 245 Å². The molecule has 5 heterocycles. The second kappa shape index (κ2) is 9.62. The van der Waals surface area contributed by atoms with Gasteiger partial charge in [0.05, 0.1) is 18.0 Å². The Kier molecular flexibility index (Phi) is 5.58. The lowest BCUT2D eigenvalue weighted by Gasteiger charge is -2.16. The van der Waals surface area contributed by atoms with Gasteiger partial charge in [-0.05, 0) is 90.2 Å². The summed E-state index contributed by atoms with van der Waals surface area (Å²) in [5.74, 6) is 1.47. The molecule has 11 nitrogen and oxygen atoms in total. The van der Waals surface area contributed by atoms with Crippen LogP contribution in [0.3, 0.4) is 0 Å². The SMILES string of the molecule is Nc1ncccc1-c1nc2ccc(-n3cccn3)nc2n1-c1ccc2c(c1)CC[C@@H]2NC(=O)c1ccc2c(c1)CC(=O)N2. The highest BCUT2D eigenvalue weighted by molar-refractivity contribution is 6.01. The van der Waals surface area contributed by atoms with Crippen LogP contribution in [0, 0.1) is 0 Å². The van der Waals surface area contributed by atoms with Gasteiger partial charge in [-0.2, -0.15) is 5.10 Å². The Hall–Kier alpha value is -5.84. The zero-order chi connectivity index (χ0) is 29.1. The Morgan fingerprint density at radius 3 is 2.79 bits per heavy atom. The number of imidazole rings is 1. The van der Waals surface area contributed by atoms with Crippen LogP contribution >= 0.6 is 0 Å². The number of amides is 2. The second-order valence-corrected chi connectivity index (χ2v) is 10.7. The van der Waals surface area contributed by atoms with E-state index in [0.29, 0.717) is 46.2 Å². The maximum Gasteiger partial charge on any atom is 0.251 e. The molecule has 8 rings (SSSR count). The van der Waals surface area contributed by atoms with E-state index in [4.69, 9.17) is 15.7 Å². The number of nitrogen functional groups attached to an aromatic ring is 1. The van der Waals surface area contributed by atoms with Gasteiger partial charge in [0.1, 0.15) is 11.3 Å². The Morgan fingerprint density at radius 2 is 1.93 bits per heavy atom. The smallest absolute Gasteiger partial charge is 0.251 e. The predicted molar refractivity (Wildman–Crippen MR) is 161 cm³/mol. The summed E-state index contributed by atoms with van der Waals surface area (Å²) >= 11 is 0. The molecule has 43 heavy (non-hydrogen) atoms. The monoisotopic (exact) mass is 567 g/mol. The van der Waals surface area contributed by atoms with Crippen molar-refractivity contribution < 1.29 is 9.59 Å². The summed E-state index contributed by atoms with van der Waals surface area (Å²) in [7, 11) is 0. The highest BCUT2D eigenvalue weighted by Gasteiger charge is 2.27. The van der Waals surface area contributed by atoms with Crippen molar-refractivity contribution >= 4 is 34.5 Å². The Balaban J connectivity index is 1.17. The summed E-state index contributed by atoms with van der Waals surface area (Å²) in [5.41, 5.74) is 13.7. The van der Waals surface area contributed by atoms with E-state index in [1.807, 2.05) is 47.2 Å². The van der Waals surface area contributed by atoms with Crippen molar-refractivity contribution in [1.29, 1.82) is 0 Å². The quantitative estimate of drug-likeness (QED) is 0.284. The molecule has 0 saturated carbocycles. The van der Waals surface area contributed by atoms with E-state index < -0.39 is 0 Å². The van der Waals surface area contributed by atoms with Crippen LogP contribution in [0.2, 0.25) is 0 Å². The summed E-state index contributed by atoms with van der Waals surface area (Å²) in [4.78, 5) is 39.1. The molecule has 4 N–H and O–H groups in total. The van der Waals surface area contributed by atoms with Crippen LogP contribution in [0.4, 0.5) is 11.5 Å². The van der Waals surface area contributed by atoms with Crippen molar-refractivity contribution in [2.75, 3.05) is 11.1 Å². The Bertz CT molecular complexity index is 2080. The van der Waals surface area contributed by atoms with Gasteiger partial charge >= 0.3 is 0 Å². The third-order valence-electron chi connectivity index (χ3n) is 8.07. The van der Waals surface area contributed by atoms with E-state index >= 15 is 0 Å². The lowest BCUT2D eigenvalue weighted by atomic mass is 10.0. The standard InChI is InChI=1S/C32H25N9O2/c33-29-23(3-1-12-34-29)30-37-26-10-11-27(40-14-2-13-35-40)39-31(26)41(30)21-6-7-22-18(16-21)4-9-25(22)38-32(43)19-5-8-24-20(15-19)17-28(42)36-24/h1-3,5-8,10-16,25H,4,9,17H2,(H2,33,34)(H,36,42)(H,38,43)/t25-/m0/s1. The van der Waals surface area contributed by atoms with Crippen molar-refractivity contribution in [2.24, 2.45) is 0 Å². The maximum absolute atomic E-state index is 13.2. The van der Waals surface area contributed by atoms with Gasteiger partial charge in [0.25, 0.3) is 5.91 Å². The van der Waals surface area contributed by atoms with Crippen molar-refractivity contribution in [3.63, 3.8) is 0 Å². The van der Waals surface area contributed by atoms with Gasteiger partial charge in [-0.1, -0.05) is 6.07 Å². The lowest BCUT2D eigenvalue weighted by Crippen LogP contribution is -2.27. The van der Waals surface area contributed by atoms with E-state index in [1.165, 1.54) is 0 Å². The fraction of sp³-hybridized carbons (Fsp3) is 0.125. The number of aromatic nitrogens is 6. The summed E-state index contributed by atoms with van der Waals surface area (Å²) in [6.07, 6.45) is 7.09. The molecule has 1 aliphatic carbocycles. The molecule has 2 aromatic carbocycles. The van der Waals surface area contributed by atoms with Gasteiger partial charge in [0, 0.05) is 35.5 Å². The summed E-state index contributed by atoms with van der Waals surface area (Å²) in [6.45, 7) is 0. The van der Waals surface area contributed by atoms with E-state index in [9.17, 15) is 9.59 Å². The molecule has 0 bridgehead atoms. The third-order valence-corrected chi connectivity index (χ3v) is 8.07. The van der Waals surface area contributed by atoms with E-state index in [2.05, 4.69) is 32.8 Å². The van der Waals surface area contributed by atoms with Crippen LogP contribution < -0.4 is 16.4 Å². The first-order valence-corrected chi connectivity index (χ1v) is 14.0. The molecular formula is C32H25N9O2. The van der Waals surface area contributed by atoms with E-state index in [-0.39, 0.29) is 17.9 Å². The maximum atomic E-state index is 13.2. The van der Waals surface area contributed by atoms with E-state index in [1.54, 1.807) is 35.3 Å². The first kappa shape index (κ1) is 24.9. The third kappa shape index (κ3) is 4.21. The number of rotatable bonds is 5. The fourth-order valence-corrected chi connectivity index (χ4v) is 6.02. The van der Waals surface area contributed by atoms with Gasteiger partial charge in [-0.3, -0.25) is 14.2 Å². The molecule has 4 aromatic heterocycles. The molecule has 0 spiro atoms. The van der Waals surface area contributed by atoms with Crippen molar-refractivity contribution in [3.05, 3.63) is 108 Å². The van der Waals surface area contributed by atoms with E-state index in [0.717, 1.165) is 40.9 Å². The number of nitrogens with zero attached hydrogens (tertiary/aromatic N) is 6. The molecule has 2 amide bonds. The molecule has 1 aliphatic heterocycles. The van der Waals surface area contributed by atoms with Gasteiger partial charge < -0.3 is 16.4 Å². The first-order valence-electron chi connectivity index (χ1n) is 14.0. The number of benzene rings is 2. The van der Waals surface area contributed by atoms with Gasteiger partial charge in [0.2, 0.25) is 5.91 Å². The number of fused-ring (bicyclic) bond motifs is 3. The summed E-state index contributed by atoms with van der Waals surface area (Å²) < 4.78 is 3.71. The largest absolute Gasteiger partial charge is 0.383 e. The van der Waals surface area contributed by atoms with Gasteiger partial charge in [-0.15, -0.1) is 0 Å². The molecule has 0 unspecified atom stereocenters. The molecule has 0 fully saturated rings. The number of carbonyl (C=O) groups is 2. The Morgan fingerprint density at radius 1 is 1.00 bits per heavy atom. The highest BCUT2D eigenvalue weighted by atomic mass is 16.2. The molecule has 6 aromatic rings. The molecule has 0 radical (unpaired) electrons. The van der Waals surface area contributed by atoms with Crippen LogP contribution in [-0.2, 0) is 17.6 Å². The van der Waals surface area contributed by atoms with Crippen LogP contribution in [0.1, 0.15) is 39.5 Å². The highest BCUT2D eigenvalue weighted by Crippen LogP contribution is 2.36. The van der Waals surface area contributed by atoms with Crippen LogP contribution in [-0.4, -0.2) is 41.1 Å². The number of nitrogens with two attached hydrogens (primary N) is 1. The number of carbonyl (C=O) groups excluding carboxylic acids is 2. The van der Waals surface area contributed by atoms with Crippen molar-refractivity contribution in [1.82, 2.24) is 34.6 Å². The van der Waals surface area contributed by atoms with Crippen LogP contribution in [0.5, 0.6) is 0 Å². The first-order chi connectivity index (χ1) is 21.0. The molecule has 210 valence electrons. The number of hydrogen-bond acceptors (Lipinski definition) is 7. The van der Waals surface area contributed by atoms with Crippen LogP contribution in [0.25, 0.3) is 34.1 Å². The molecular weight excluding hydrogens is 542 g/mol. The predicted octanol–water partition coefficient (Wildman–Crippen LogP) is 4.16. The average molecular weight is 568 g/mol. The molecule has 11 heteroatoms. The zero-order valence-electron chi connectivity index (χ0n) is 22.9. The average Bonchev–Trinajstić information content (AvgIpc) is 3.82.